The molecule has 0 saturated carbocycles. The van der Waals surface area contributed by atoms with Gasteiger partial charge in [0.25, 0.3) is 0 Å². The van der Waals surface area contributed by atoms with E-state index in [1.807, 2.05) is 30.3 Å². The molecule has 2 heterocycles. The molecule has 2 aliphatic heterocycles. The molecule has 6 nitrogen and oxygen atoms in total. The van der Waals surface area contributed by atoms with Crippen LogP contribution in [0.15, 0.2) is 53.0 Å². The van der Waals surface area contributed by atoms with Crippen LogP contribution in [0.2, 0.25) is 0 Å². The molecule has 4 atom stereocenters. The van der Waals surface area contributed by atoms with Crippen molar-refractivity contribution in [2.75, 3.05) is 6.54 Å². The number of hydrogen-bond acceptors (Lipinski definition) is 5. The van der Waals surface area contributed by atoms with Crippen LogP contribution in [0.5, 0.6) is 0 Å². The third kappa shape index (κ3) is 4.53. The van der Waals surface area contributed by atoms with Crippen LogP contribution in [0.25, 0.3) is 0 Å². The molecule has 2 fully saturated rings. The van der Waals surface area contributed by atoms with Crippen molar-refractivity contribution in [1.29, 1.82) is 0 Å². The van der Waals surface area contributed by atoms with Crippen molar-refractivity contribution in [2.45, 2.75) is 37.7 Å². The summed E-state index contributed by atoms with van der Waals surface area (Å²) >= 11 is 1.31. The second-order valence-corrected chi connectivity index (χ2v) is 8.55. The average molecular weight is 484 g/mol. The third-order valence-electron chi connectivity index (χ3n) is 5.09. The Morgan fingerprint density at radius 2 is 2.00 bits per heavy atom. The van der Waals surface area contributed by atoms with E-state index in [0.717, 1.165) is 5.56 Å². The maximum atomic E-state index is 14.6. The summed E-state index contributed by atoms with van der Waals surface area (Å²) in [6.45, 7) is 0.473. The number of amides is 1. The molecule has 1 unspecified atom stereocenters. The number of rotatable bonds is 4. The van der Waals surface area contributed by atoms with Crippen LogP contribution >= 0.6 is 15.9 Å². The number of carbonyl (C=O) groups excluding carboxylic acids is 1. The van der Waals surface area contributed by atoms with Crippen molar-refractivity contribution in [3.8, 4) is 0 Å². The molecule has 2 aliphatic rings. The van der Waals surface area contributed by atoms with E-state index in [4.69, 9.17) is 13.1 Å². The lowest BCUT2D eigenvalue weighted by Crippen LogP contribution is -2.56. The van der Waals surface area contributed by atoms with E-state index in [0.29, 0.717) is 23.0 Å². The molecule has 29 heavy (non-hydrogen) atoms. The summed E-state index contributed by atoms with van der Waals surface area (Å²) in [4.78, 5) is 14.3. The van der Waals surface area contributed by atoms with Gasteiger partial charge in [-0.3, -0.25) is 8.37 Å². The Balaban J connectivity index is 1.54. The van der Waals surface area contributed by atoms with Gasteiger partial charge in [0.1, 0.15) is 24.6 Å². The minimum Gasteiger partial charge on any atom is -0.445 e. The van der Waals surface area contributed by atoms with Gasteiger partial charge in [-0.25, -0.2) is 9.18 Å². The predicted octanol–water partition coefficient (Wildman–Crippen LogP) is 3.90. The Labute approximate surface area is 178 Å². The van der Waals surface area contributed by atoms with E-state index in [2.05, 4.69) is 15.9 Å². The first-order chi connectivity index (χ1) is 14.0. The minimum atomic E-state index is -1.87. The molecule has 0 bridgehead atoms. The normalized spacial score (nSPS) is 26.2. The smallest absolute Gasteiger partial charge is 0.410 e. The summed E-state index contributed by atoms with van der Waals surface area (Å²) in [6, 6.07) is 13.8. The van der Waals surface area contributed by atoms with Gasteiger partial charge >= 0.3 is 17.5 Å². The highest BCUT2D eigenvalue weighted by Crippen LogP contribution is 2.33. The van der Waals surface area contributed by atoms with E-state index >= 15 is 0 Å². The number of piperidine rings is 1. The number of nitrogens with zero attached hydrogens (tertiary/aromatic N) is 1. The van der Waals surface area contributed by atoms with Crippen LogP contribution in [0.4, 0.5) is 9.18 Å². The van der Waals surface area contributed by atoms with Gasteiger partial charge in [-0.2, -0.15) is 4.21 Å². The maximum Gasteiger partial charge on any atom is 0.410 e. The monoisotopic (exact) mass is 483 g/mol. The van der Waals surface area contributed by atoms with Crippen molar-refractivity contribution in [3.05, 3.63) is 69.9 Å². The number of ether oxygens (including phenoxy) is 1. The predicted molar refractivity (Wildman–Crippen MR) is 107 cm³/mol. The Morgan fingerprint density at radius 1 is 1.21 bits per heavy atom. The summed E-state index contributed by atoms with van der Waals surface area (Å²) in [5.74, 6) is -0.396. The van der Waals surface area contributed by atoms with Crippen LogP contribution in [0.3, 0.4) is 0 Å². The molecule has 9 heteroatoms. The van der Waals surface area contributed by atoms with Gasteiger partial charge in [0, 0.05) is 6.54 Å². The zero-order chi connectivity index (χ0) is 20.4. The van der Waals surface area contributed by atoms with Crippen molar-refractivity contribution in [3.63, 3.8) is 0 Å². The van der Waals surface area contributed by atoms with E-state index < -0.39 is 41.5 Å². The SMILES string of the molecule is O=C(OCc1ccccc1)N1CC[C@@H]2OS(=O)O[C@@H]2[C@H]1Cc1cccc(Br)c1F. The van der Waals surface area contributed by atoms with Crippen LogP contribution in [-0.2, 0) is 37.5 Å². The second-order valence-electron chi connectivity index (χ2n) is 6.91. The molecule has 154 valence electrons. The molecule has 2 aromatic carbocycles. The van der Waals surface area contributed by atoms with Gasteiger partial charge in [0.15, 0.2) is 0 Å². The number of likely N-dealkylation sites (tertiary alicyclic amines) is 1. The van der Waals surface area contributed by atoms with Gasteiger partial charge in [-0.05, 0) is 46.0 Å². The fourth-order valence-electron chi connectivity index (χ4n) is 3.65. The Kier molecular flexibility index (Phi) is 6.29. The first-order valence-corrected chi connectivity index (χ1v) is 11.0. The Bertz CT molecular complexity index is 915. The molecule has 2 aromatic rings. The zero-order valence-electron chi connectivity index (χ0n) is 15.3. The van der Waals surface area contributed by atoms with Crippen LogP contribution in [0.1, 0.15) is 17.5 Å². The van der Waals surface area contributed by atoms with E-state index in [9.17, 15) is 13.4 Å². The number of benzene rings is 2. The highest BCUT2D eigenvalue weighted by molar-refractivity contribution is 9.10. The largest absolute Gasteiger partial charge is 0.445 e. The zero-order valence-corrected chi connectivity index (χ0v) is 17.7. The summed E-state index contributed by atoms with van der Waals surface area (Å²) in [7, 11) is 0. The second kappa shape index (κ2) is 8.91. The standard InChI is InChI=1S/C20H19BrFNO5S/c21-15-8-4-7-14(18(15)22)11-16-19-17(27-29(25)28-19)9-10-23(16)20(24)26-12-13-5-2-1-3-6-13/h1-8,16-17,19H,9-12H2/t16-,17+,19-,29?/m1/s1. The quantitative estimate of drug-likeness (QED) is 0.659. The highest BCUT2D eigenvalue weighted by atomic mass is 79.9. The molecule has 4 rings (SSSR count). The lowest BCUT2D eigenvalue weighted by Gasteiger charge is -2.39. The van der Waals surface area contributed by atoms with Gasteiger partial charge in [0.05, 0.1) is 10.5 Å². The third-order valence-corrected chi connectivity index (χ3v) is 6.49. The molecule has 0 aliphatic carbocycles. The lowest BCUT2D eigenvalue weighted by molar-refractivity contribution is -0.00483. The maximum absolute atomic E-state index is 14.6. The minimum absolute atomic E-state index is 0.130. The molecule has 0 radical (unpaired) electrons. The summed E-state index contributed by atoms with van der Waals surface area (Å²) in [5.41, 5.74) is 1.29. The molecular weight excluding hydrogens is 465 g/mol. The Hall–Kier alpha value is -1.81. The number of carbonyl (C=O) groups is 1. The molecule has 0 spiro atoms. The van der Waals surface area contributed by atoms with Gasteiger partial charge in [-0.15, -0.1) is 0 Å². The van der Waals surface area contributed by atoms with E-state index in [-0.39, 0.29) is 13.0 Å². The summed E-state index contributed by atoms with van der Waals surface area (Å²) in [6.07, 6.45) is -0.891. The fourth-order valence-corrected chi connectivity index (χ4v) is 4.95. The average Bonchev–Trinajstić information content (AvgIpc) is 3.11. The summed E-state index contributed by atoms with van der Waals surface area (Å²) < 4.78 is 42.9. The summed E-state index contributed by atoms with van der Waals surface area (Å²) in [5, 5.41) is 0. The highest BCUT2D eigenvalue weighted by Gasteiger charge is 2.48. The van der Waals surface area contributed by atoms with Gasteiger partial charge < -0.3 is 9.64 Å². The molecule has 2 saturated heterocycles. The molecule has 0 aromatic heterocycles. The Morgan fingerprint density at radius 3 is 2.79 bits per heavy atom. The van der Waals surface area contributed by atoms with Crippen LogP contribution < -0.4 is 0 Å². The van der Waals surface area contributed by atoms with Crippen LogP contribution in [-0.4, -0.2) is 40.0 Å². The fraction of sp³-hybridized carbons (Fsp3) is 0.350. The topological polar surface area (TPSA) is 65.1 Å². The lowest BCUT2D eigenvalue weighted by atomic mass is 9.91. The van der Waals surface area contributed by atoms with Gasteiger partial charge in [-0.1, -0.05) is 42.5 Å². The van der Waals surface area contributed by atoms with Crippen molar-refractivity contribution in [1.82, 2.24) is 4.90 Å². The molecular formula is C20H19BrFNO5S. The first-order valence-electron chi connectivity index (χ1n) is 9.19. The molecule has 0 N–H and O–H groups in total. The van der Waals surface area contributed by atoms with Crippen molar-refractivity contribution < 1.29 is 26.5 Å². The van der Waals surface area contributed by atoms with Crippen molar-refractivity contribution >= 4 is 33.4 Å². The molecule has 1 amide bonds. The van der Waals surface area contributed by atoms with E-state index in [1.54, 1.807) is 18.2 Å². The van der Waals surface area contributed by atoms with E-state index in [1.165, 1.54) is 4.90 Å². The number of fused-ring (bicyclic) bond motifs is 1. The first kappa shape index (κ1) is 20.5. The van der Waals surface area contributed by atoms with Gasteiger partial charge in [0.2, 0.25) is 0 Å². The van der Waals surface area contributed by atoms with Crippen molar-refractivity contribution in [2.24, 2.45) is 0 Å². The number of hydrogen-bond donors (Lipinski definition) is 0. The van der Waals surface area contributed by atoms with Crippen LogP contribution in [0, 0.1) is 5.82 Å². The number of halogens is 2.